The minimum Gasteiger partial charge on any atom is -0.383 e. The Morgan fingerprint density at radius 2 is 2.09 bits per heavy atom. The Hall–Kier alpha value is -0.110. The van der Waals surface area contributed by atoms with Gasteiger partial charge in [0.1, 0.15) is 0 Å². The van der Waals surface area contributed by atoms with Crippen molar-refractivity contribution in [2.75, 3.05) is 12.8 Å². The van der Waals surface area contributed by atoms with Crippen LogP contribution in [0.5, 0.6) is 0 Å². The predicted octanol–water partition coefficient (Wildman–Crippen LogP) is 2.99. The summed E-state index contributed by atoms with van der Waals surface area (Å²) in [5, 5.41) is 4.52. The lowest BCUT2D eigenvalue weighted by atomic mass is 10.3. The monoisotopic (exact) mass is 173 g/mol. The first-order valence-electron chi connectivity index (χ1n) is 4.35. The highest BCUT2D eigenvalue weighted by atomic mass is 32.2. The van der Waals surface area contributed by atoms with Crippen LogP contribution in [0.3, 0.4) is 0 Å². The molecular weight excluding hydrogens is 154 g/mol. The van der Waals surface area contributed by atoms with Crippen LogP contribution in [0, 0.1) is 0 Å². The summed E-state index contributed by atoms with van der Waals surface area (Å²) in [7, 11) is 1.99. The quantitative estimate of drug-likeness (QED) is 0.662. The van der Waals surface area contributed by atoms with Crippen molar-refractivity contribution in [2.24, 2.45) is 0 Å². The van der Waals surface area contributed by atoms with Crippen LogP contribution in [0.1, 0.15) is 33.1 Å². The molecule has 11 heavy (non-hydrogen) atoms. The highest BCUT2D eigenvalue weighted by Gasteiger charge is 1.91. The van der Waals surface area contributed by atoms with Crippen LogP contribution in [0.4, 0.5) is 0 Å². The zero-order valence-corrected chi connectivity index (χ0v) is 8.63. The fraction of sp³-hybridized carbons (Fsp3) is 0.778. The van der Waals surface area contributed by atoms with E-state index in [1.54, 1.807) is 0 Å². The number of hydrogen-bond donors (Lipinski definition) is 1. The fourth-order valence-electron chi connectivity index (χ4n) is 0.721. The van der Waals surface area contributed by atoms with E-state index in [0.717, 1.165) is 0 Å². The van der Waals surface area contributed by atoms with Gasteiger partial charge >= 0.3 is 0 Å². The molecule has 1 nitrogen and oxygen atoms in total. The van der Waals surface area contributed by atoms with Crippen molar-refractivity contribution in [3.05, 3.63) is 11.1 Å². The highest BCUT2D eigenvalue weighted by molar-refractivity contribution is 8.03. The molecule has 0 heterocycles. The lowest BCUT2D eigenvalue weighted by Crippen LogP contribution is -2.02. The van der Waals surface area contributed by atoms with Gasteiger partial charge in [0.2, 0.25) is 0 Å². The third-order valence-corrected chi connectivity index (χ3v) is 2.62. The SMILES string of the molecule is CCC/C=C(/NC)SCCC. The normalized spacial score (nSPS) is 11.7. The van der Waals surface area contributed by atoms with Crippen molar-refractivity contribution in [1.82, 2.24) is 5.32 Å². The van der Waals surface area contributed by atoms with Crippen LogP contribution in [-0.4, -0.2) is 12.8 Å². The molecule has 0 unspecified atom stereocenters. The van der Waals surface area contributed by atoms with Crippen LogP contribution in [0.2, 0.25) is 0 Å². The second-order valence-electron chi connectivity index (χ2n) is 2.46. The molecule has 0 aromatic carbocycles. The average molecular weight is 173 g/mol. The summed E-state index contributed by atoms with van der Waals surface area (Å²) in [6.07, 6.45) is 5.95. The van der Waals surface area contributed by atoms with Gasteiger partial charge < -0.3 is 5.32 Å². The molecule has 0 aromatic heterocycles. The summed E-state index contributed by atoms with van der Waals surface area (Å²) in [4.78, 5) is 0. The smallest absolute Gasteiger partial charge is 0.0638 e. The first-order chi connectivity index (χ1) is 5.35. The Bertz CT molecular complexity index is 110. The van der Waals surface area contributed by atoms with E-state index in [0.29, 0.717) is 0 Å². The van der Waals surface area contributed by atoms with Gasteiger partial charge in [-0.15, -0.1) is 11.8 Å². The first kappa shape index (κ1) is 10.9. The van der Waals surface area contributed by atoms with E-state index in [9.17, 15) is 0 Å². The zero-order chi connectivity index (χ0) is 8.53. The molecule has 66 valence electrons. The summed E-state index contributed by atoms with van der Waals surface area (Å²) >= 11 is 1.91. The minimum atomic E-state index is 1.19. The molecule has 0 fully saturated rings. The van der Waals surface area contributed by atoms with Gasteiger partial charge in [0, 0.05) is 7.05 Å². The average Bonchev–Trinajstić information content (AvgIpc) is 2.05. The molecule has 0 saturated heterocycles. The maximum atomic E-state index is 3.20. The van der Waals surface area contributed by atoms with Crippen LogP contribution in [0.25, 0.3) is 0 Å². The minimum absolute atomic E-state index is 1.19. The van der Waals surface area contributed by atoms with E-state index in [1.807, 2.05) is 18.8 Å². The van der Waals surface area contributed by atoms with E-state index in [2.05, 4.69) is 25.2 Å². The summed E-state index contributed by atoms with van der Waals surface area (Å²) in [6, 6.07) is 0. The van der Waals surface area contributed by atoms with Gasteiger partial charge in [0.15, 0.2) is 0 Å². The zero-order valence-electron chi connectivity index (χ0n) is 7.81. The maximum Gasteiger partial charge on any atom is 0.0638 e. The Labute approximate surface area is 74.6 Å². The Balaban J connectivity index is 3.55. The number of hydrogen-bond acceptors (Lipinski definition) is 2. The van der Waals surface area contributed by atoms with Gasteiger partial charge in [-0.05, 0) is 18.6 Å². The van der Waals surface area contributed by atoms with Gasteiger partial charge in [0.25, 0.3) is 0 Å². The molecule has 0 aromatic rings. The number of unbranched alkanes of at least 4 members (excludes halogenated alkanes) is 1. The molecule has 1 N–H and O–H groups in total. The molecule has 0 saturated carbocycles. The summed E-state index contributed by atoms with van der Waals surface area (Å²) in [5.41, 5.74) is 0. The highest BCUT2D eigenvalue weighted by Crippen LogP contribution is 2.13. The van der Waals surface area contributed by atoms with E-state index in [1.165, 1.54) is 30.0 Å². The maximum absolute atomic E-state index is 3.20. The van der Waals surface area contributed by atoms with Gasteiger partial charge in [-0.1, -0.05) is 26.3 Å². The van der Waals surface area contributed by atoms with Crippen molar-refractivity contribution >= 4 is 11.8 Å². The van der Waals surface area contributed by atoms with Gasteiger partial charge in [-0.2, -0.15) is 0 Å². The van der Waals surface area contributed by atoms with E-state index in [-0.39, 0.29) is 0 Å². The lowest BCUT2D eigenvalue weighted by molar-refractivity contribution is 0.937. The molecule has 0 amide bonds. The Kier molecular flexibility index (Phi) is 7.91. The number of rotatable bonds is 6. The molecule has 0 atom stereocenters. The van der Waals surface area contributed by atoms with Crippen molar-refractivity contribution in [3.63, 3.8) is 0 Å². The van der Waals surface area contributed by atoms with Crippen LogP contribution in [0.15, 0.2) is 11.1 Å². The molecule has 0 radical (unpaired) electrons. The standard InChI is InChI=1S/C9H19NS/c1-4-6-7-9(10-3)11-8-5-2/h7,10H,4-6,8H2,1-3H3/b9-7-. The van der Waals surface area contributed by atoms with E-state index < -0.39 is 0 Å². The third-order valence-electron chi connectivity index (χ3n) is 1.33. The van der Waals surface area contributed by atoms with Crippen molar-refractivity contribution in [2.45, 2.75) is 33.1 Å². The Morgan fingerprint density at radius 3 is 2.55 bits per heavy atom. The Morgan fingerprint density at radius 1 is 1.36 bits per heavy atom. The third kappa shape index (κ3) is 6.29. The van der Waals surface area contributed by atoms with Crippen molar-refractivity contribution in [3.8, 4) is 0 Å². The molecule has 0 aliphatic rings. The molecular formula is C9H19NS. The van der Waals surface area contributed by atoms with Crippen LogP contribution in [-0.2, 0) is 0 Å². The van der Waals surface area contributed by atoms with E-state index in [4.69, 9.17) is 0 Å². The molecule has 0 aliphatic heterocycles. The lowest BCUT2D eigenvalue weighted by Gasteiger charge is -2.04. The summed E-state index contributed by atoms with van der Waals surface area (Å²) in [6.45, 7) is 4.41. The van der Waals surface area contributed by atoms with Gasteiger partial charge in [-0.25, -0.2) is 0 Å². The van der Waals surface area contributed by atoms with Gasteiger partial charge in [0.05, 0.1) is 5.03 Å². The second kappa shape index (κ2) is 7.99. The fourth-order valence-corrected chi connectivity index (χ4v) is 1.52. The second-order valence-corrected chi connectivity index (χ2v) is 3.59. The first-order valence-corrected chi connectivity index (χ1v) is 5.34. The molecule has 0 spiro atoms. The number of allylic oxidation sites excluding steroid dienone is 1. The predicted molar refractivity (Wildman–Crippen MR) is 54.8 cm³/mol. The molecule has 0 aliphatic carbocycles. The largest absolute Gasteiger partial charge is 0.383 e. The molecule has 0 rings (SSSR count). The topological polar surface area (TPSA) is 12.0 Å². The van der Waals surface area contributed by atoms with E-state index >= 15 is 0 Å². The molecule has 0 bridgehead atoms. The van der Waals surface area contributed by atoms with Crippen LogP contribution < -0.4 is 5.32 Å². The van der Waals surface area contributed by atoms with Crippen molar-refractivity contribution < 1.29 is 0 Å². The van der Waals surface area contributed by atoms with Gasteiger partial charge in [-0.3, -0.25) is 0 Å². The summed E-state index contributed by atoms with van der Waals surface area (Å²) < 4.78 is 0. The molecule has 2 heteroatoms. The van der Waals surface area contributed by atoms with Crippen molar-refractivity contribution in [1.29, 1.82) is 0 Å². The number of thioether (sulfide) groups is 1. The number of nitrogens with one attached hydrogen (secondary N) is 1. The summed E-state index contributed by atoms with van der Waals surface area (Å²) in [5.74, 6) is 1.22. The van der Waals surface area contributed by atoms with Crippen LogP contribution >= 0.6 is 11.8 Å².